The predicted molar refractivity (Wildman–Crippen MR) is 107 cm³/mol. The van der Waals surface area contributed by atoms with E-state index in [0.717, 1.165) is 40.8 Å². The standard InChI is InChI=1S/C20H19N7/c21-19-14-7-5-12(9-17(14)26-27-19)16-10-18(25-20(22)24-16)23-15-8-6-11-3-1-2-4-13(11)15/h1-5,7,9-10,15H,6,8H2,(H3,21,26,27)(H3,22,23,24,25). The van der Waals surface area contributed by atoms with Gasteiger partial charge in [0.15, 0.2) is 5.82 Å². The molecule has 7 heteroatoms. The van der Waals surface area contributed by atoms with Crippen LogP contribution in [-0.4, -0.2) is 20.2 Å². The molecular weight excluding hydrogens is 338 g/mol. The summed E-state index contributed by atoms with van der Waals surface area (Å²) in [6, 6.07) is 16.5. The van der Waals surface area contributed by atoms with Crippen molar-refractivity contribution in [2.24, 2.45) is 0 Å². The summed E-state index contributed by atoms with van der Waals surface area (Å²) in [5.41, 5.74) is 17.1. The van der Waals surface area contributed by atoms with Gasteiger partial charge in [-0.3, -0.25) is 5.10 Å². The molecule has 6 N–H and O–H groups in total. The fraction of sp³-hybridized carbons (Fsp3) is 0.150. The summed E-state index contributed by atoms with van der Waals surface area (Å²) in [4.78, 5) is 8.78. The lowest BCUT2D eigenvalue weighted by molar-refractivity contribution is 0.757. The van der Waals surface area contributed by atoms with Gasteiger partial charge in [-0.25, -0.2) is 4.98 Å². The number of aryl methyl sites for hydroxylation is 1. The minimum atomic E-state index is 0.234. The third-order valence-electron chi connectivity index (χ3n) is 5.09. The van der Waals surface area contributed by atoms with Crippen molar-refractivity contribution in [1.82, 2.24) is 20.2 Å². The van der Waals surface area contributed by atoms with Gasteiger partial charge >= 0.3 is 0 Å². The molecule has 2 aromatic heterocycles. The number of nitrogens with zero attached hydrogens (tertiary/aromatic N) is 3. The molecule has 27 heavy (non-hydrogen) atoms. The Labute approximate surface area is 155 Å². The highest BCUT2D eigenvalue weighted by molar-refractivity contribution is 5.91. The van der Waals surface area contributed by atoms with Gasteiger partial charge in [0.2, 0.25) is 5.95 Å². The number of anilines is 3. The minimum absolute atomic E-state index is 0.234. The van der Waals surface area contributed by atoms with Gasteiger partial charge in [-0.05, 0) is 36.1 Å². The molecule has 134 valence electrons. The van der Waals surface area contributed by atoms with E-state index in [2.05, 4.69) is 49.7 Å². The van der Waals surface area contributed by atoms with Crippen LogP contribution in [0, 0.1) is 0 Å². The van der Waals surface area contributed by atoms with Gasteiger partial charge in [0.25, 0.3) is 0 Å². The maximum atomic E-state index is 5.98. The fourth-order valence-electron chi connectivity index (χ4n) is 3.77. The van der Waals surface area contributed by atoms with Crippen molar-refractivity contribution in [3.8, 4) is 11.3 Å². The van der Waals surface area contributed by atoms with E-state index in [9.17, 15) is 0 Å². The second kappa shape index (κ2) is 5.98. The van der Waals surface area contributed by atoms with Gasteiger partial charge in [-0.1, -0.05) is 30.3 Å². The Morgan fingerprint density at radius 1 is 1.04 bits per heavy atom. The monoisotopic (exact) mass is 357 g/mol. The number of aromatic nitrogens is 4. The molecular formula is C20H19N7. The Morgan fingerprint density at radius 3 is 2.85 bits per heavy atom. The molecule has 0 amide bonds. The van der Waals surface area contributed by atoms with Crippen molar-refractivity contribution in [2.45, 2.75) is 18.9 Å². The van der Waals surface area contributed by atoms with E-state index in [1.54, 1.807) is 0 Å². The van der Waals surface area contributed by atoms with E-state index < -0.39 is 0 Å². The normalized spacial score (nSPS) is 15.8. The lowest BCUT2D eigenvalue weighted by Crippen LogP contribution is -2.10. The maximum absolute atomic E-state index is 5.98. The topological polar surface area (TPSA) is 119 Å². The van der Waals surface area contributed by atoms with Crippen molar-refractivity contribution < 1.29 is 0 Å². The third-order valence-corrected chi connectivity index (χ3v) is 5.09. The molecule has 0 saturated carbocycles. The maximum Gasteiger partial charge on any atom is 0.222 e. The summed E-state index contributed by atoms with van der Waals surface area (Å²) >= 11 is 0. The first-order valence-corrected chi connectivity index (χ1v) is 8.90. The molecule has 0 saturated heterocycles. The number of hydrogen-bond acceptors (Lipinski definition) is 6. The second-order valence-electron chi connectivity index (χ2n) is 6.80. The summed E-state index contributed by atoms with van der Waals surface area (Å²) in [6.45, 7) is 0. The number of H-pyrrole nitrogens is 1. The van der Waals surface area contributed by atoms with Crippen LogP contribution in [0.15, 0.2) is 48.5 Å². The average molecular weight is 357 g/mol. The van der Waals surface area contributed by atoms with Crippen LogP contribution in [0.4, 0.5) is 17.6 Å². The molecule has 1 unspecified atom stereocenters. The molecule has 4 aromatic rings. The molecule has 1 aliphatic rings. The molecule has 5 rings (SSSR count). The van der Waals surface area contributed by atoms with Crippen molar-refractivity contribution >= 4 is 28.5 Å². The fourth-order valence-corrected chi connectivity index (χ4v) is 3.77. The van der Waals surface area contributed by atoms with Crippen LogP contribution >= 0.6 is 0 Å². The Hall–Kier alpha value is -3.61. The van der Waals surface area contributed by atoms with Crippen LogP contribution < -0.4 is 16.8 Å². The molecule has 0 aliphatic heterocycles. The van der Waals surface area contributed by atoms with Gasteiger partial charge in [0.1, 0.15) is 5.82 Å². The lowest BCUT2D eigenvalue weighted by Gasteiger charge is -2.15. The molecule has 0 bridgehead atoms. The zero-order chi connectivity index (χ0) is 18.4. The van der Waals surface area contributed by atoms with Gasteiger partial charge in [0.05, 0.1) is 17.3 Å². The summed E-state index contributed by atoms with van der Waals surface area (Å²) in [6.07, 6.45) is 2.11. The van der Waals surface area contributed by atoms with Crippen LogP contribution in [0.5, 0.6) is 0 Å². The Bertz CT molecular complexity index is 1150. The van der Waals surface area contributed by atoms with E-state index in [-0.39, 0.29) is 12.0 Å². The SMILES string of the molecule is Nc1nc(NC2CCc3ccccc32)cc(-c2ccc3c(N)n[nH]c3c2)n1. The number of aromatic amines is 1. The van der Waals surface area contributed by atoms with Gasteiger partial charge < -0.3 is 16.8 Å². The summed E-state index contributed by atoms with van der Waals surface area (Å²) in [5, 5.41) is 11.4. The van der Waals surface area contributed by atoms with Crippen LogP contribution in [-0.2, 0) is 6.42 Å². The molecule has 0 fully saturated rings. The Kier molecular flexibility index (Phi) is 3.46. The van der Waals surface area contributed by atoms with E-state index in [0.29, 0.717) is 5.82 Å². The second-order valence-corrected chi connectivity index (χ2v) is 6.80. The summed E-state index contributed by atoms with van der Waals surface area (Å²) in [5.74, 6) is 1.45. The third kappa shape index (κ3) is 2.73. The number of nitrogens with one attached hydrogen (secondary N) is 2. The lowest BCUT2D eigenvalue weighted by atomic mass is 10.1. The van der Waals surface area contributed by atoms with Crippen molar-refractivity contribution in [3.63, 3.8) is 0 Å². The number of fused-ring (bicyclic) bond motifs is 2. The number of benzene rings is 2. The van der Waals surface area contributed by atoms with Crippen LogP contribution in [0.25, 0.3) is 22.2 Å². The first-order chi connectivity index (χ1) is 13.2. The van der Waals surface area contributed by atoms with Crippen molar-refractivity contribution in [2.75, 3.05) is 16.8 Å². The first kappa shape index (κ1) is 15.6. The molecule has 2 aromatic carbocycles. The highest BCUT2D eigenvalue weighted by Crippen LogP contribution is 2.34. The predicted octanol–water partition coefficient (Wildman–Crippen LogP) is 3.28. The van der Waals surface area contributed by atoms with Crippen LogP contribution in [0.1, 0.15) is 23.6 Å². The molecule has 1 atom stereocenters. The van der Waals surface area contributed by atoms with Crippen LogP contribution in [0.3, 0.4) is 0 Å². The van der Waals surface area contributed by atoms with Gasteiger partial charge in [-0.2, -0.15) is 10.1 Å². The van der Waals surface area contributed by atoms with E-state index in [4.69, 9.17) is 11.5 Å². The number of nitrogen functional groups attached to an aromatic ring is 2. The zero-order valence-electron chi connectivity index (χ0n) is 14.6. The molecule has 0 spiro atoms. The minimum Gasteiger partial charge on any atom is -0.382 e. The van der Waals surface area contributed by atoms with E-state index in [1.165, 1.54) is 11.1 Å². The molecule has 2 heterocycles. The van der Waals surface area contributed by atoms with E-state index >= 15 is 0 Å². The number of nitrogens with two attached hydrogens (primary N) is 2. The Morgan fingerprint density at radius 2 is 1.93 bits per heavy atom. The number of hydrogen-bond donors (Lipinski definition) is 4. The quantitative estimate of drug-likeness (QED) is 0.447. The molecule has 0 radical (unpaired) electrons. The average Bonchev–Trinajstić information content (AvgIpc) is 3.25. The summed E-state index contributed by atoms with van der Waals surface area (Å²) < 4.78 is 0. The van der Waals surface area contributed by atoms with E-state index in [1.807, 2.05) is 24.3 Å². The smallest absolute Gasteiger partial charge is 0.222 e. The van der Waals surface area contributed by atoms with Gasteiger partial charge in [0, 0.05) is 17.0 Å². The van der Waals surface area contributed by atoms with Crippen molar-refractivity contribution in [1.29, 1.82) is 0 Å². The van der Waals surface area contributed by atoms with Gasteiger partial charge in [-0.15, -0.1) is 0 Å². The first-order valence-electron chi connectivity index (χ1n) is 8.90. The zero-order valence-corrected chi connectivity index (χ0v) is 14.6. The highest BCUT2D eigenvalue weighted by Gasteiger charge is 2.22. The highest BCUT2D eigenvalue weighted by atomic mass is 15.1. The molecule has 7 nitrogen and oxygen atoms in total. The Balaban J connectivity index is 1.49. The largest absolute Gasteiger partial charge is 0.382 e. The van der Waals surface area contributed by atoms with Crippen LogP contribution in [0.2, 0.25) is 0 Å². The van der Waals surface area contributed by atoms with Crippen molar-refractivity contribution in [3.05, 3.63) is 59.7 Å². The number of rotatable bonds is 3. The summed E-state index contributed by atoms with van der Waals surface area (Å²) in [7, 11) is 0. The molecule has 1 aliphatic carbocycles.